The van der Waals surface area contributed by atoms with E-state index < -0.39 is 36.9 Å². The number of hydrogen-bond donors (Lipinski definition) is 3. The zero-order chi connectivity index (χ0) is 18.3. The van der Waals surface area contributed by atoms with Gasteiger partial charge in [0.25, 0.3) is 11.8 Å². The molecule has 1 unspecified atom stereocenters. The van der Waals surface area contributed by atoms with Crippen molar-refractivity contribution in [2.75, 3.05) is 13.1 Å². The molecule has 0 aliphatic heterocycles. The van der Waals surface area contributed by atoms with Crippen molar-refractivity contribution < 1.29 is 18.4 Å². The van der Waals surface area contributed by atoms with E-state index in [-0.39, 0.29) is 5.92 Å². The van der Waals surface area contributed by atoms with Gasteiger partial charge in [0.2, 0.25) is 5.91 Å². The maximum atomic E-state index is 13.2. The van der Waals surface area contributed by atoms with Gasteiger partial charge < -0.3 is 16.4 Å². The van der Waals surface area contributed by atoms with Crippen LogP contribution in [0.15, 0.2) is 24.3 Å². The molecule has 134 valence electrons. The van der Waals surface area contributed by atoms with E-state index in [9.17, 15) is 18.4 Å². The highest BCUT2D eigenvalue weighted by Gasteiger charge is 2.30. The Bertz CT molecular complexity index is 577. The van der Waals surface area contributed by atoms with Crippen molar-refractivity contribution in [1.29, 1.82) is 0 Å². The van der Waals surface area contributed by atoms with Crippen LogP contribution in [0.3, 0.4) is 0 Å². The molecule has 2 amide bonds. The van der Waals surface area contributed by atoms with Crippen LogP contribution in [-0.2, 0) is 4.79 Å². The van der Waals surface area contributed by atoms with Crippen LogP contribution in [0.25, 0.3) is 0 Å². The standard InChI is InChI=1S/C17H25F2N3O2/c1-11(2)8-14(16(24)21-10-17(18,19)9-20)22-15(23)13-7-5-4-6-12(13)3/h4-7,11,14H,8-10,20H2,1-3H3,(H,21,24)(H,22,23). The molecule has 0 spiro atoms. The van der Waals surface area contributed by atoms with Crippen LogP contribution in [0.4, 0.5) is 8.78 Å². The first-order valence-electron chi connectivity index (χ1n) is 7.88. The quantitative estimate of drug-likeness (QED) is 0.675. The highest BCUT2D eigenvalue weighted by atomic mass is 19.3. The van der Waals surface area contributed by atoms with Crippen molar-refractivity contribution >= 4 is 11.8 Å². The van der Waals surface area contributed by atoms with Crippen LogP contribution in [0.5, 0.6) is 0 Å². The number of amides is 2. The molecule has 7 heteroatoms. The van der Waals surface area contributed by atoms with E-state index in [1.54, 1.807) is 31.2 Å². The number of carbonyl (C=O) groups is 2. The molecule has 0 fully saturated rings. The molecule has 0 aliphatic rings. The molecule has 1 atom stereocenters. The number of nitrogens with one attached hydrogen (secondary N) is 2. The number of aryl methyl sites for hydroxylation is 1. The van der Waals surface area contributed by atoms with Crippen LogP contribution >= 0.6 is 0 Å². The number of rotatable bonds is 8. The first kappa shape index (κ1) is 20.0. The number of nitrogens with two attached hydrogens (primary N) is 1. The summed E-state index contributed by atoms with van der Waals surface area (Å²) in [5.41, 5.74) is 6.17. The van der Waals surface area contributed by atoms with E-state index in [0.717, 1.165) is 5.56 Å². The molecular formula is C17H25F2N3O2. The first-order chi connectivity index (χ1) is 11.2. The van der Waals surface area contributed by atoms with Gasteiger partial charge >= 0.3 is 0 Å². The van der Waals surface area contributed by atoms with E-state index in [0.29, 0.717) is 12.0 Å². The molecule has 0 radical (unpaired) electrons. The third kappa shape index (κ3) is 6.23. The van der Waals surface area contributed by atoms with Gasteiger partial charge in [-0.2, -0.15) is 0 Å². The third-order valence-electron chi connectivity index (χ3n) is 3.54. The molecule has 0 heterocycles. The Balaban J connectivity index is 2.80. The second-order valence-electron chi connectivity index (χ2n) is 6.25. The second-order valence-corrected chi connectivity index (χ2v) is 6.25. The van der Waals surface area contributed by atoms with Gasteiger partial charge in [-0.1, -0.05) is 32.0 Å². The summed E-state index contributed by atoms with van der Waals surface area (Å²) < 4.78 is 26.4. The van der Waals surface area contributed by atoms with Crippen molar-refractivity contribution in [3.63, 3.8) is 0 Å². The van der Waals surface area contributed by atoms with Gasteiger partial charge in [-0.15, -0.1) is 0 Å². The fraction of sp³-hybridized carbons (Fsp3) is 0.529. The summed E-state index contributed by atoms with van der Waals surface area (Å²) in [7, 11) is 0. The third-order valence-corrected chi connectivity index (χ3v) is 3.54. The Hall–Kier alpha value is -2.02. The Morgan fingerprint density at radius 1 is 1.25 bits per heavy atom. The van der Waals surface area contributed by atoms with Crippen molar-refractivity contribution in [2.24, 2.45) is 11.7 Å². The molecule has 0 aliphatic carbocycles. The fourth-order valence-electron chi connectivity index (χ4n) is 2.18. The highest BCUT2D eigenvalue weighted by molar-refractivity contribution is 5.98. The van der Waals surface area contributed by atoms with Crippen LogP contribution < -0.4 is 16.4 Å². The molecule has 1 rings (SSSR count). The fourth-order valence-corrected chi connectivity index (χ4v) is 2.18. The average Bonchev–Trinajstić information content (AvgIpc) is 2.52. The van der Waals surface area contributed by atoms with E-state index >= 15 is 0 Å². The van der Waals surface area contributed by atoms with Crippen LogP contribution in [0, 0.1) is 12.8 Å². The van der Waals surface area contributed by atoms with E-state index in [2.05, 4.69) is 10.6 Å². The molecule has 1 aromatic rings. The van der Waals surface area contributed by atoms with E-state index in [1.807, 2.05) is 13.8 Å². The molecule has 4 N–H and O–H groups in total. The smallest absolute Gasteiger partial charge is 0.277 e. The predicted octanol–water partition coefficient (Wildman–Crippen LogP) is 1.85. The number of hydrogen-bond acceptors (Lipinski definition) is 3. The molecular weight excluding hydrogens is 316 g/mol. The maximum Gasteiger partial charge on any atom is 0.277 e. The van der Waals surface area contributed by atoms with Gasteiger partial charge in [0.05, 0.1) is 13.1 Å². The minimum Gasteiger partial charge on any atom is -0.348 e. The Labute approximate surface area is 141 Å². The average molecular weight is 341 g/mol. The number of carbonyl (C=O) groups excluding carboxylic acids is 2. The molecule has 5 nitrogen and oxygen atoms in total. The summed E-state index contributed by atoms with van der Waals surface area (Å²) in [5, 5.41) is 4.80. The molecule has 0 saturated heterocycles. The summed E-state index contributed by atoms with van der Waals surface area (Å²) in [4.78, 5) is 24.6. The SMILES string of the molecule is Cc1ccccc1C(=O)NC(CC(C)C)C(=O)NCC(F)(F)CN. The molecule has 0 bridgehead atoms. The van der Waals surface area contributed by atoms with Gasteiger partial charge in [0, 0.05) is 5.56 Å². The topological polar surface area (TPSA) is 84.2 Å². The van der Waals surface area contributed by atoms with E-state index in [4.69, 9.17) is 5.73 Å². The Kier molecular flexibility index (Phi) is 7.28. The largest absolute Gasteiger partial charge is 0.348 e. The predicted molar refractivity (Wildman–Crippen MR) is 88.9 cm³/mol. The lowest BCUT2D eigenvalue weighted by Gasteiger charge is -2.22. The van der Waals surface area contributed by atoms with Gasteiger partial charge in [-0.05, 0) is 30.9 Å². The lowest BCUT2D eigenvalue weighted by molar-refractivity contribution is -0.125. The number of alkyl halides is 2. The van der Waals surface area contributed by atoms with Gasteiger partial charge in [-0.25, -0.2) is 8.78 Å². The zero-order valence-corrected chi connectivity index (χ0v) is 14.2. The summed E-state index contributed by atoms with van der Waals surface area (Å²) >= 11 is 0. The summed E-state index contributed by atoms with van der Waals surface area (Å²) in [6.45, 7) is 3.85. The first-order valence-corrected chi connectivity index (χ1v) is 7.88. The van der Waals surface area contributed by atoms with Crippen molar-refractivity contribution in [1.82, 2.24) is 10.6 Å². The van der Waals surface area contributed by atoms with Crippen molar-refractivity contribution in [3.8, 4) is 0 Å². The summed E-state index contributed by atoms with van der Waals surface area (Å²) in [5.74, 6) is -4.11. The van der Waals surface area contributed by atoms with Crippen LogP contribution in [0.1, 0.15) is 36.2 Å². The second kappa shape index (κ2) is 8.73. The van der Waals surface area contributed by atoms with E-state index in [1.165, 1.54) is 0 Å². The lowest BCUT2D eigenvalue weighted by Crippen LogP contribution is -2.51. The van der Waals surface area contributed by atoms with Crippen LogP contribution in [-0.4, -0.2) is 36.9 Å². The Morgan fingerprint density at radius 2 is 1.88 bits per heavy atom. The number of benzene rings is 1. The molecule has 1 aromatic carbocycles. The van der Waals surface area contributed by atoms with Crippen LogP contribution in [0.2, 0.25) is 0 Å². The minimum atomic E-state index is -3.17. The van der Waals surface area contributed by atoms with Gasteiger partial charge in [0.15, 0.2) is 0 Å². The van der Waals surface area contributed by atoms with Gasteiger partial charge in [-0.3, -0.25) is 9.59 Å². The zero-order valence-electron chi connectivity index (χ0n) is 14.2. The Morgan fingerprint density at radius 3 is 2.42 bits per heavy atom. The van der Waals surface area contributed by atoms with Gasteiger partial charge in [0.1, 0.15) is 6.04 Å². The molecule has 0 saturated carbocycles. The highest BCUT2D eigenvalue weighted by Crippen LogP contribution is 2.12. The minimum absolute atomic E-state index is 0.105. The molecule has 0 aromatic heterocycles. The number of halogens is 2. The summed E-state index contributed by atoms with van der Waals surface area (Å²) in [6, 6.07) is 6.08. The monoisotopic (exact) mass is 341 g/mol. The van der Waals surface area contributed by atoms with Crippen molar-refractivity contribution in [2.45, 2.75) is 39.2 Å². The van der Waals surface area contributed by atoms with Crippen molar-refractivity contribution in [3.05, 3.63) is 35.4 Å². The molecule has 24 heavy (non-hydrogen) atoms. The summed E-state index contributed by atoms with van der Waals surface area (Å²) in [6.07, 6.45) is 0.345. The lowest BCUT2D eigenvalue weighted by atomic mass is 10.0. The normalized spacial score (nSPS) is 12.8. The maximum absolute atomic E-state index is 13.2.